The Bertz CT molecular complexity index is 3910. The average molecular weight is 1060 g/mol. The maximum Gasteiger partial charge on any atom is 0.268 e. The molecule has 67 heavy (non-hydrogen) atoms. The van der Waals surface area contributed by atoms with Gasteiger partial charge in [-0.15, -0.1) is 35.5 Å². The Labute approximate surface area is 401 Å². The second-order valence-corrected chi connectivity index (χ2v) is 22.2. The van der Waals surface area contributed by atoms with E-state index in [1.54, 1.807) is 0 Å². The molecule has 0 saturated carbocycles. The number of aromatic nitrogens is 4. The van der Waals surface area contributed by atoms with Gasteiger partial charge in [0.1, 0.15) is 28.6 Å². The summed E-state index contributed by atoms with van der Waals surface area (Å²) in [5.74, 6) is 4.38. The minimum Gasteiger partial charge on any atom is -0.510 e. The summed E-state index contributed by atoms with van der Waals surface area (Å²) >= 11 is 0. The Morgan fingerprint density at radius 1 is 0.657 bits per heavy atom. The number of benzene rings is 8. The number of rotatable bonds is 5. The zero-order valence-electron chi connectivity index (χ0n) is 36.0. The van der Waals surface area contributed by atoms with Crippen LogP contribution >= 0.6 is 0 Å². The maximum absolute atomic E-state index is 7.15. The third-order valence-electron chi connectivity index (χ3n) is 14.0. The molecule has 0 amide bonds. The van der Waals surface area contributed by atoms with Gasteiger partial charge in [0.05, 0.1) is 27.6 Å². The molecule has 11 aromatic rings. The number of fused-ring (bicyclic) bond motifs is 6. The molecule has 0 aliphatic carbocycles. The van der Waals surface area contributed by atoms with E-state index in [9.17, 15) is 0 Å². The minimum atomic E-state index is -2.12. The maximum atomic E-state index is 7.15. The SMILES string of the molecule is C[Si]1(C)c2ccc(Oc3[c-]c(-n4c5cc6c7c(c5c5cccnc54)Oc4cccc5c4B7c4c(cccc4N5c4ccccc4)O6)ccc3)[c-]c2-n2[c-][n+](-c3ccccc3)c3cccc1c32.[Pt]. The molecule has 0 bridgehead atoms. The summed E-state index contributed by atoms with van der Waals surface area (Å²) in [6.07, 6.45) is 5.52. The molecule has 4 aliphatic heterocycles. The standard InChI is InChI=1S/C56H34BN5O3Si.Pt/c1-66(2)48-28-27-38(31-43(48)60-33-59(34-14-5-3-6-15-34)42-23-12-26-49(66)54(42)60)63-37-19-9-18-36(30-37)62-44-32-47-53-55(50(44)39-20-13-29-58-56(39)62)65-46-25-11-22-41-52(46)57(53)51-40(21-10-24-45(51)64-47)61(41)35-16-7-4-8-17-35;/h3-29,32H,1-2H3;/q-2;. The van der Waals surface area contributed by atoms with Gasteiger partial charge in [-0.1, -0.05) is 90.7 Å². The monoisotopic (exact) mass is 1060 g/mol. The molecule has 0 radical (unpaired) electrons. The predicted molar refractivity (Wildman–Crippen MR) is 263 cm³/mol. The third kappa shape index (κ3) is 5.22. The molecule has 7 heterocycles. The van der Waals surface area contributed by atoms with Crippen molar-refractivity contribution in [1.82, 2.24) is 14.1 Å². The first-order valence-corrected chi connectivity index (χ1v) is 25.2. The Morgan fingerprint density at radius 3 is 2.19 bits per heavy atom. The number of anilines is 3. The number of hydrogen-bond donors (Lipinski definition) is 0. The summed E-state index contributed by atoms with van der Waals surface area (Å²) in [5.41, 5.74) is 13.4. The van der Waals surface area contributed by atoms with Gasteiger partial charge in [-0.25, -0.2) is 4.98 Å². The fourth-order valence-electron chi connectivity index (χ4n) is 11.2. The van der Waals surface area contributed by atoms with Crippen LogP contribution in [-0.2, 0) is 21.1 Å². The smallest absolute Gasteiger partial charge is 0.268 e. The van der Waals surface area contributed by atoms with Gasteiger partial charge < -0.3 is 28.2 Å². The Balaban J connectivity index is 0.00000427. The molecule has 0 unspecified atom stereocenters. The van der Waals surface area contributed by atoms with Gasteiger partial charge >= 0.3 is 0 Å². The van der Waals surface area contributed by atoms with E-state index in [1.807, 2.05) is 42.6 Å². The summed E-state index contributed by atoms with van der Waals surface area (Å²) in [6.45, 7) is 4.74. The van der Waals surface area contributed by atoms with E-state index in [2.05, 4.69) is 178 Å². The largest absolute Gasteiger partial charge is 0.510 e. The van der Waals surface area contributed by atoms with Crippen LogP contribution in [0, 0.1) is 18.5 Å². The molecular weight excluding hydrogens is 1020 g/mol. The van der Waals surface area contributed by atoms with E-state index in [4.69, 9.17) is 19.2 Å². The molecule has 0 fully saturated rings. The Morgan fingerprint density at radius 2 is 1.39 bits per heavy atom. The molecule has 0 saturated heterocycles. The van der Waals surface area contributed by atoms with Crippen molar-refractivity contribution >= 4 is 91.6 Å². The van der Waals surface area contributed by atoms with E-state index in [1.165, 1.54) is 15.9 Å². The summed E-state index contributed by atoms with van der Waals surface area (Å²) in [6, 6.07) is 64.2. The van der Waals surface area contributed by atoms with E-state index in [0.717, 1.165) is 101 Å². The van der Waals surface area contributed by atoms with Gasteiger partial charge in [0.15, 0.2) is 0 Å². The van der Waals surface area contributed by atoms with E-state index in [-0.39, 0.29) is 27.8 Å². The van der Waals surface area contributed by atoms with Gasteiger partial charge in [0.2, 0.25) is 0 Å². The van der Waals surface area contributed by atoms with Gasteiger partial charge in [0, 0.05) is 80.8 Å². The molecule has 0 N–H and O–H groups in total. The van der Waals surface area contributed by atoms with Crippen molar-refractivity contribution in [3.8, 4) is 51.6 Å². The first kappa shape index (κ1) is 38.6. The summed E-state index contributed by atoms with van der Waals surface area (Å²) in [7, 11) is -2.12. The van der Waals surface area contributed by atoms with Crippen LogP contribution in [-0.4, -0.2) is 28.9 Å². The summed E-state index contributed by atoms with van der Waals surface area (Å²) in [4.78, 5) is 7.34. The topological polar surface area (TPSA) is 57.6 Å². The number of pyridine rings is 1. The van der Waals surface area contributed by atoms with Crippen LogP contribution in [0.4, 0.5) is 17.1 Å². The van der Waals surface area contributed by atoms with Crippen molar-refractivity contribution in [3.05, 3.63) is 188 Å². The van der Waals surface area contributed by atoms with Crippen LogP contribution in [0.15, 0.2) is 170 Å². The fraction of sp³-hybridized carbons (Fsp3) is 0.0357. The molecular formula is C56H34BN5O3PtSi-2. The van der Waals surface area contributed by atoms with Crippen molar-refractivity contribution in [2.75, 3.05) is 4.90 Å². The van der Waals surface area contributed by atoms with Crippen molar-refractivity contribution < 1.29 is 39.8 Å². The van der Waals surface area contributed by atoms with Crippen molar-refractivity contribution in [1.29, 1.82) is 0 Å². The first-order valence-electron chi connectivity index (χ1n) is 22.2. The van der Waals surface area contributed by atoms with Gasteiger partial charge in [-0.05, 0) is 77.3 Å². The van der Waals surface area contributed by atoms with Crippen LogP contribution in [0.2, 0.25) is 13.1 Å². The molecule has 0 atom stereocenters. The van der Waals surface area contributed by atoms with Crippen LogP contribution in [0.1, 0.15) is 0 Å². The molecule has 0 spiro atoms. The van der Waals surface area contributed by atoms with Crippen LogP contribution in [0.25, 0.3) is 50.0 Å². The molecule has 3 aromatic heterocycles. The number of para-hydroxylation sites is 3. The number of nitrogens with zero attached hydrogens (tertiary/aromatic N) is 5. The van der Waals surface area contributed by atoms with Crippen LogP contribution < -0.4 is 50.4 Å². The van der Waals surface area contributed by atoms with Crippen LogP contribution in [0.5, 0.6) is 34.5 Å². The quantitative estimate of drug-likeness (QED) is 0.0979. The van der Waals surface area contributed by atoms with E-state index < -0.39 is 8.07 Å². The van der Waals surface area contributed by atoms with Crippen molar-refractivity contribution in [2.45, 2.75) is 13.1 Å². The molecule has 11 heteroatoms. The van der Waals surface area contributed by atoms with Crippen molar-refractivity contribution in [2.24, 2.45) is 0 Å². The van der Waals surface area contributed by atoms with Crippen LogP contribution in [0.3, 0.4) is 0 Å². The second kappa shape index (κ2) is 13.9. The number of hydrogen-bond acceptors (Lipinski definition) is 5. The normalized spacial score (nSPS) is 14.0. The Hall–Kier alpha value is -7.65. The van der Waals surface area contributed by atoms with E-state index >= 15 is 0 Å². The molecule has 4 aliphatic rings. The summed E-state index contributed by atoms with van der Waals surface area (Å²) < 4.78 is 27.3. The Kier molecular flexibility index (Phi) is 8.03. The molecule has 320 valence electrons. The number of ether oxygens (including phenoxy) is 3. The molecule has 15 rings (SSSR count). The summed E-state index contributed by atoms with van der Waals surface area (Å²) in [5, 5.41) is 4.61. The first-order chi connectivity index (χ1) is 32.5. The van der Waals surface area contributed by atoms with Gasteiger partial charge in [-0.3, -0.25) is 4.57 Å². The minimum absolute atomic E-state index is 0. The van der Waals surface area contributed by atoms with Gasteiger partial charge in [-0.2, -0.15) is 12.1 Å². The van der Waals surface area contributed by atoms with E-state index in [0.29, 0.717) is 11.5 Å². The molecule has 8 nitrogen and oxygen atoms in total. The zero-order chi connectivity index (χ0) is 43.4. The second-order valence-electron chi connectivity index (χ2n) is 17.9. The van der Waals surface area contributed by atoms with Gasteiger partial charge in [0.25, 0.3) is 13.0 Å². The zero-order valence-corrected chi connectivity index (χ0v) is 39.3. The predicted octanol–water partition coefficient (Wildman–Crippen LogP) is 9.24. The number of imidazole rings is 1. The average Bonchev–Trinajstić information content (AvgIpc) is 3.91. The fourth-order valence-corrected chi connectivity index (χ4v) is 14.1. The molecule has 8 aromatic carbocycles. The third-order valence-corrected chi connectivity index (χ3v) is 17.5. The van der Waals surface area contributed by atoms with Crippen molar-refractivity contribution in [3.63, 3.8) is 0 Å².